The molecule has 0 saturated heterocycles. The van der Waals surface area contributed by atoms with Crippen molar-refractivity contribution in [3.8, 4) is 0 Å². The maximum atomic E-state index is 11.3. The van der Waals surface area contributed by atoms with Gasteiger partial charge in [-0.2, -0.15) is 8.42 Å². The van der Waals surface area contributed by atoms with Crippen LogP contribution in [0.3, 0.4) is 0 Å². The predicted octanol–water partition coefficient (Wildman–Crippen LogP) is 1.53. The summed E-state index contributed by atoms with van der Waals surface area (Å²) in [6.45, 7) is 7.59. The molecule has 7 heteroatoms. The highest BCUT2D eigenvalue weighted by molar-refractivity contribution is 7.81. The number of hydrogen-bond donors (Lipinski definition) is 0. The molecule has 0 aliphatic heterocycles. The van der Waals surface area contributed by atoms with E-state index in [2.05, 4.69) is 15.5 Å². The van der Waals surface area contributed by atoms with Gasteiger partial charge in [-0.05, 0) is 20.3 Å². The van der Waals surface area contributed by atoms with E-state index >= 15 is 0 Å². The van der Waals surface area contributed by atoms with E-state index in [1.54, 1.807) is 13.8 Å². The van der Waals surface area contributed by atoms with Gasteiger partial charge in [-0.15, -0.1) is 0 Å². The molecule has 100 valence electrons. The topological polar surface area (TPSA) is 78.9 Å². The van der Waals surface area contributed by atoms with Crippen molar-refractivity contribution >= 4 is 16.4 Å². The smallest absolute Gasteiger partial charge is 0.403 e. The molecule has 0 N–H and O–H groups in total. The zero-order valence-corrected chi connectivity index (χ0v) is 11.1. The van der Waals surface area contributed by atoms with Crippen molar-refractivity contribution < 1.29 is 26.3 Å². The Bertz CT molecular complexity index is 357. The molecule has 0 amide bonds. The molecule has 0 spiro atoms. The average Bonchev–Trinajstić information content (AvgIpc) is 2.14. The van der Waals surface area contributed by atoms with E-state index in [4.69, 9.17) is 4.18 Å². The Labute approximate surface area is 102 Å². The summed E-state index contributed by atoms with van der Waals surface area (Å²) >= 11 is 0. The van der Waals surface area contributed by atoms with Gasteiger partial charge in [0.15, 0.2) is 0 Å². The van der Waals surface area contributed by atoms with Crippen LogP contribution in [0.1, 0.15) is 33.6 Å². The SMILES string of the molecule is C=CC(=O)OCOS(=O)(=O)OC(C)(C)CCC. The Balaban J connectivity index is 4.21. The van der Waals surface area contributed by atoms with Gasteiger partial charge in [0.2, 0.25) is 6.79 Å². The third kappa shape index (κ3) is 7.89. The highest BCUT2D eigenvalue weighted by atomic mass is 32.3. The molecule has 0 bridgehead atoms. The predicted molar refractivity (Wildman–Crippen MR) is 61.2 cm³/mol. The molecule has 0 heterocycles. The molecule has 0 saturated carbocycles. The molecule has 0 atom stereocenters. The Morgan fingerprint density at radius 1 is 1.41 bits per heavy atom. The van der Waals surface area contributed by atoms with Gasteiger partial charge in [-0.25, -0.2) is 13.2 Å². The summed E-state index contributed by atoms with van der Waals surface area (Å²) in [4.78, 5) is 10.6. The van der Waals surface area contributed by atoms with E-state index in [0.717, 1.165) is 12.5 Å². The molecule has 0 aromatic carbocycles. The fourth-order valence-corrected chi connectivity index (χ4v) is 1.99. The molecule has 0 unspecified atom stereocenters. The van der Waals surface area contributed by atoms with Crippen LogP contribution >= 0.6 is 0 Å². The van der Waals surface area contributed by atoms with Crippen LogP contribution in [0.5, 0.6) is 0 Å². The fraction of sp³-hybridized carbons (Fsp3) is 0.700. The quantitative estimate of drug-likeness (QED) is 0.376. The molecule has 6 nitrogen and oxygen atoms in total. The number of ether oxygens (including phenoxy) is 1. The van der Waals surface area contributed by atoms with Crippen molar-refractivity contribution in [3.05, 3.63) is 12.7 Å². The van der Waals surface area contributed by atoms with Crippen LogP contribution in [0.2, 0.25) is 0 Å². The van der Waals surface area contributed by atoms with E-state index in [0.29, 0.717) is 6.42 Å². The third-order valence-corrected chi connectivity index (χ3v) is 2.78. The summed E-state index contributed by atoms with van der Waals surface area (Å²) in [6, 6.07) is 0. The second-order valence-corrected chi connectivity index (χ2v) is 5.12. The van der Waals surface area contributed by atoms with Gasteiger partial charge >= 0.3 is 16.4 Å². The molecule has 0 aliphatic carbocycles. The monoisotopic (exact) mass is 266 g/mol. The molecule has 0 aromatic rings. The van der Waals surface area contributed by atoms with Crippen LogP contribution in [-0.2, 0) is 28.3 Å². The summed E-state index contributed by atoms with van der Waals surface area (Å²) in [7, 11) is -4.18. The van der Waals surface area contributed by atoms with E-state index < -0.39 is 28.8 Å². The van der Waals surface area contributed by atoms with Crippen molar-refractivity contribution in [1.29, 1.82) is 0 Å². The van der Waals surface area contributed by atoms with Crippen molar-refractivity contribution in [1.82, 2.24) is 0 Å². The first-order valence-electron chi connectivity index (χ1n) is 5.11. The number of esters is 1. The van der Waals surface area contributed by atoms with Crippen LogP contribution in [0.4, 0.5) is 0 Å². The van der Waals surface area contributed by atoms with E-state index in [9.17, 15) is 13.2 Å². The minimum absolute atomic E-state index is 0.558. The zero-order chi connectivity index (χ0) is 13.5. The van der Waals surface area contributed by atoms with Crippen LogP contribution in [0.15, 0.2) is 12.7 Å². The average molecular weight is 266 g/mol. The van der Waals surface area contributed by atoms with E-state index in [-0.39, 0.29) is 0 Å². The van der Waals surface area contributed by atoms with Gasteiger partial charge < -0.3 is 4.74 Å². The molecule has 0 rings (SSSR count). The highest BCUT2D eigenvalue weighted by Crippen LogP contribution is 2.20. The van der Waals surface area contributed by atoms with Crippen molar-refractivity contribution in [2.24, 2.45) is 0 Å². The fourth-order valence-electron chi connectivity index (χ4n) is 1.14. The van der Waals surface area contributed by atoms with Gasteiger partial charge in [0, 0.05) is 6.08 Å². The minimum Gasteiger partial charge on any atom is -0.434 e. The first-order chi connectivity index (χ1) is 7.72. The summed E-state index contributed by atoms with van der Waals surface area (Å²) in [5.41, 5.74) is -0.851. The van der Waals surface area contributed by atoms with Gasteiger partial charge in [0.1, 0.15) is 0 Å². The Hall–Kier alpha value is -0.920. The Kier molecular flexibility index (Phi) is 6.36. The second-order valence-electron chi connectivity index (χ2n) is 3.90. The maximum absolute atomic E-state index is 11.3. The lowest BCUT2D eigenvalue weighted by molar-refractivity contribution is -0.144. The Morgan fingerprint density at radius 3 is 2.47 bits per heavy atom. The molecule has 0 radical (unpaired) electrons. The first kappa shape index (κ1) is 16.1. The number of rotatable bonds is 8. The van der Waals surface area contributed by atoms with Gasteiger partial charge in [-0.3, -0.25) is 0 Å². The minimum atomic E-state index is -4.18. The summed E-state index contributed by atoms with van der Waals surface area (Å²) < 4.78 is 36.2. The van der Waals surface area contributed by atoms with Crippen LogP contribution < -0.4 is 0 Å². The second kappa shape index (κ2) is 6.73. The summed E-state index contributed by atoms with van der Waals surface area (Å²) in [5.74, 6) is -0.770. The van der Waals surface area contributed by atoms with Crippen molar-refractivity contribution in [2.45, 2.75) is 39.2 Å². The summed E-state index contributed by atoms with van der Waals surface area (Å²) in [6.07, 6.45) is 2.23. The Morgan fingerprint density at radius 2 is 2.00 bits per heavy atom. The van der Waals surface area contributed by atoms with Crippen LogP contribution in [0, 0.1) is 0 Å². The van der Waals surface area contributed by atoms with Crippen LogP contribution in [0.25, 0.3) is 0 Å². The van der Waals surface area contributed by atoms with Crippen molar-refractivity contribution in [3.63, 3.8) is 0 Å². The lowest BCUT2D eigenvalue weighted by atomic mass is 10.0. The highest BCUT2D eigenvalue weighted by Gasteiger charge is 2.26. The molecule has 0 fully saturated rings. The third-order valence-electron chi connectivity index (χ3n) is 1.74. The summed E-state index contributed by atoms with van der Waals surface area (Å²) in [5, 5.41) is 0. The van der Waals surface area contributed by atoms with Gasteiger partial charge in [-0.1, -0.05) is 19.9 Å². The first-order valence-corrected chi connectivity index (χ1v) is 6.45. The van der Waals surface area contributed by atoms with E-state index in [1.807, 2.05) is 6.92 Å². The number of carbonyl (C=O) groups is 1. The molecular weight excluding hydrogens is 248 g/mol. The van der Waals surface area contributed by atoms with Gasteiger partial charge in [0.05, 0.1) is 5.60 Å². The molecule has 17 heavy (non-hydrogen) atoms. The number of carbonyl (C=O) groups excluding carboxylic acids is 1. The molecule has 0 aliphatic rings. The normalized spacial score (nSPS) is 12.2. The van der Waals surface area contributed by atoms with E-state index in [1.165, 1.54) is 0 Å². The largest absolute Gasteiger partial charge is 0.434 e. The number of hydrogen-bond acceptors (Lipinski definition) is 6. The lowest BCUT2D eigenvalue weighted by Crippen LogP contribution is -2.29. The standard InChI is InChI=1S/C10H18O6S/c1-5-7-10(3,4)16-17(12,13)15-8-14-9(11)6-2/h6H,2,5,7-8H2,1,3-4H3. The molecule has 0 aromatic heterocycles. The van der Waals surface area contributed by atoms with Crippen molar-refractivity contribution in [2.75, 3.05) is 6.79 Å². The zero-order valence-electron chi connectivity index (χ0n) is 10.3. The molecular formula is C10H18O6S. The maximum Gasteiger partial charge on any atom is 0.403 e. The lowest BCUT2D eigenvalue weighted by Gasteiger charge is -2.22. The van der Waals surface area contributed by atoms with Crippen LogP contribution in [-0.4, -0.2) is 26.8 Å². The van der Waals surface area contributed by atoms with Gasteiger partial charge in [0.25, 0.3) is 0 Å².